The Kier molecular flexibility index (Phi) is 4.05. The first kappa shape index (κ1) is 11.7. The fraction of sp³-hybridized carbons (Fsp3) is 0.714. The van der Waals surface area contributed by atoms with Crippen molar-refractivity contribution in [3.63, 3.8) is 0 Å². The molecule has 1 aliphatic carbocycles. The van der Waals surface area contributed by atoms with Crippen LogP contribution in [0.3, 0.4) is 0 Å². The second-order valence-corrected chi connectivity index (χ2v) is 4.97. The molecule has 90 valence electrons. The predicted octanol–water partition coefficient (Wildman–Crippen LogP) is 3.65. The summed E-state index contributed by atoms with van der Waals surface area (Å²) in [4.78, 5) is 0. The Balaban J connectivity index is 1.86. The zero-order valence-electron chi connectivity index (χ0n) is 10.5. The van der Waals surface area contributed by atoms with Gasteiger partial charge in [0.15, 0.2) is 0 Å². The SMILES string of the molecule is CCC1CCCCC1NCc1occc1C. The molecule has 0 aliphatic heterocycles. The Morgan fingerprint density at radius 2 is 2.19 bits per heavy atom. The Morgan fingerprint density at radius 1 is 1.38 bits per heavy atom. The molecule has 0 saturated heterocycles. The molecule has 1 saturated carbocycles. The lowest BCUT2D eigenvalue weighted by molar-refractivity contribution is 0.249. The van der Waals surface area contributed by atoms with Gasteiger partial charge in [-0.05, 0) is 37.3 Å². The minimum absolute atomic E-state index is 0.697. The van der Waals surface area contributed by atoms with Gasteiger partial charge >= 0.3 is 0 Å². The summed E-state index contributed by atoms with van der Waals surface area (Å²) in [5.41, 5.74) is 1.26. The lowest BCUT2D eigenvalue weighted by atomic mass is 9.83. The van der Waals surface area contributed by atoms with Crippen LogP contribution in [-0.2, 0) is 6.54 Å². The Labute approximate surface area is 98.4 Å². The summed E-state index contributed by atoms with van der Waals surface area (Å²) in [7, 11) is 0. The lowest BCUT2D eigenvalue weighted by Gasteiger charge is -2.31. The van der Waals surface area contributed by atoms with Crippen molar-refractivity contribution < 1.29 is 4.42 Å². The van der Waals surface area contributed by atoms with Gasteiger partial charge in [-0.25, -0.2) is 0 Å². The summed E-state index contributed by atoms with van der Waals surface area (Å²) in [6.07, 6.45) is 8.60. The molecule has 1 aromatic heterocycles. The van der Waals surface area contributed by atoms with Crippen molar-refractivity contribution in [1.29, 1.82) is 0 Å². The van der Waals surface area contributed by atoms with Gasteiger partial charge in [-0.15, -0.1) is 0 Å². The minimum Gasteiger partial charge on any atom is -0.468 e. The average molecular weight is 221 g/mol. The third-order valence-electron chi connectivity index (χ3n) is 3.93. The molecular formula is C14H23NO. The van der Waals surface area contributed by atoms with Crippen LogP contribution >= 0.6 is 0 Å². The molecule has 2 atom stereocenters. The van der Waals surface area contributed by atoms with Crippen molar-refractivity contribution >= 4 is 0 Å². The molecule has 2 unspecified atom stereocenters. The van der Waals surface area contributed by atoms with E-state index in [4.69, 9.17) is 4.42 Å². The molecule has 0 radical (unpaired) electrons. The van der Waals surface area contributed by atoms with Gasteiger partial charge in [0.05, 0.1) is 12.8 Å². The van der Waals surface area contributed by atoms with Crippen molar-refractivity contribution in [3.8, 4) is 0 Å². The number of rotatable bonds is 4. The molecule has 16 heavy (non-hydrogen) atoms. The molecule has 0 bridgehead atoms. The van der Waals surface area contributed by atoms with Crippen molar-refractivity contribution in [2.45, 2.75) is 58.5 Å². The summed E-state index contributed by atoms with van der Waals surface area (Å²) in [5.74, 6) is 1.96. The summed E-state index contributed by atoms with van der Waals surface area (Å²) in [6, 6.07) is 2.73. The summed E-state index contributed by atoms with van der Waals surface area (Å²) in [5, 5.41) is 3.67. The zero-order chi connectivity index (χ0) is 11.4. The number of furan rings is 1. The summed E-state index contributed by atoms with van der Waals surface area (Å²) >= 11 is 0. The number of hydrogen-bond donors (Lipinski definition) is 1. The molecule has 0 amide bonds. The number of nitrogens with one attached hydrogen (secondary N) is 1. The number of aryl methyl sites for hydroxylation is 1. The maximum atomic E-state index is 5.46. The van der Waals surface area contributed by atoms with Gasteiger partial charge < -0.3 is 9.73 Å². The van der Waals surface area contributed by atoms with E-state index in [1.165, 1.54) is 37.7 Å². The second kappa shape index (κ2) is 5.53. The number of hydrogen-bond acceptors (Lipinski definition) is 2. The lowest BCUT2D eigenvalue weighted by Crippen LogP contribution is -2.37. The molecule has 0 aromatic carbocycles. The van der Waals surface area contributed by atoms with Crippen LogP contribution in [0, 0.1) is 12.8 Å². The average Bonchev–Trinajstić information content (AvgIpc) is 2.72. The van der Waals surface area contributed by atoms with E-state index in [1.54, 1.807) is 6.26 Å². The normalized spacial score (nSPS) is 25.9. The van der Waals surface area contributed by atoms with E-state index in [1.807, 2.05) is 6.07 Å². The standard InChI is InChI=1S/C14H23NO/c1-3-12-6-4-5-7-13(12)15-10-14-11(2)8-9-16-14/h8-9,12-13,15H,3-7,10H2,1-2H3. The van der Waals surface area contributed by atoms with Crippen LogP contribution in [0.4, 0.5) is 0 Å². The van der Waals surface area contributed by atoms with Gasteiger partial charge in [0.1, 0.15) is 5.76 Å². The largest absolute Gasteiger partial charge is 0.468 e. The quantitative estimate of drug-likeness (QED) is 0.839. The maximum Gasteiger partial charge on any atom is 0.120 e. The van der Waals surface area contributed by atoms with E-state index in [-0.39, 0.29) is 0 Å². The Bertz CT molecular complexity index is 318. The van der Waals surface area contributed by atoms with Gasteiger partial charge in [0.2, 0.25) is 0 Å². The van der Waals surface area contributed by atoms with Gasteiger partial charge in [-0.3, -0.25) is 0 Å². The minimum atomic E-state index is 0.697. The van der Waals surface area contributed by atoms with Crippen molar-refractivity contribution in [2.24, 2.45) is 5.92 Å². The van der Waals surface area contributed by atoms with Gasteiger partial charge in [0, 0.05) is 6.04 Å². The fourth-order valence-corrected chi connectivity index (χ4v) is 2.77. The molecule has 1 aliphatic rings. The molecular weight excluding hydrogens is 198 g/mol. The third-order valence-corrected chi connectivity index (χ3v) is 3.93. The van der Waals surface area contributed by atoms with Crippen molar-refractivity contribution in [3.05, 3.63) is 23.7 Å². The first-order valence-electron chi connectivity index (χ1n) is 6.57. The fourth-order valence-electron chi connectivity index (χ4n) is 2.77. The molecule has 1 heterocycles. The van der Waals surface area contributed by atoms with Gasteiger partial charge in [-0.1, -0.05) is 26.2 Å². The molecule has 1 N–H and O–H groups in total. The highest BCUT2D eigenvalue weighted by molar-refractivity contribution is 5.14. The van der Waals surface area contributed by atoms with Crippen molar-refractivity contribution in [1.82, 2.24) is 5.32 Å². The van der Waals surface area contributed by atoms with E-state index < -0.39 is 0 Å². The Morgan fingerprint density at radius 3 is 2.88 bits per heavy atom. The highest BCUT2D eigenvalue weighted by Crippen LogP contribution is 2.27. The van der Waals surface area contributed by atoms with E-state index >= 15 is 0 Å². The van der Waals surface area contributed by atoms with Crippen LogP contribution in [-0.4, -0.2) is 6.04 Å². The summed E-state index contributed by atoms with van der Waals surface area (Å²) in [6.45, 7) is 5.31. The predicted molar refractivity (Wildman–Crippen MR) is 66.3 cm³/mol. The Hall–Kier alpha value is -0.760. The zero-order valence-corrected chi connectivity index (χ0v) is 10.5. The van der Waals surface area contributed by atoms with Crippen molar-refractivity contribution in [2.75, 3.05) is 0 Å². The van der Waals surface area contributed by atoms with Crippen LogP contribution in [0.2, 0.25) is 0 Å². The van der Waals surface area contributed by atoms with Crippen LogP contribution in [0.1, 0.15) is 50.4 Å². The highest BCUT2D eigenvalue weighted by atomic mass is 16.3. The molecule has 2 rings (SSSR count). The molecule has 1 aromatic rings. The van der Waals surface area contributed by atoms with Crippen LogP contribution < -0.4 is 5.32 Å². The maximum absolute atomic E-state index is 5.46. The van der Waals surface area contributed by atoms with Gasteiger partial charge in [0.25, 0.3) is 0 Å². The second-order valence-electron chi connectivity index (χ2n) is 4.97. The highest BCUT2D eigenvalue weighted by Gasteiger charge is 2.23. The van der Waals surface area contributed by atoms with Crippen LogP contribution in [0.25, 0.3) is 0 Å². The first-order valence-corrected chi connectivity index (χ1v) is 6.57. The van der Waals surface area contributed by atoms with Gasteiger partial charge in [-0.2, -0.15) is 0 Å². The molecule has 0 spiro atoms. The molecule has 2 heteroatoms. The first-order chi connectivity index (χ1) is 7.81. The summed E-state index contributed by atoms with van der Waals surface area (Å²) < 4.78 is 5.46. The topological polar surface area (TPSA) is 25.2 Å². The van der Waals surface area contributed by atoms with E-state index in [0.29, 0.717) is 6.04 Å². The molecule has 1 fully saturated rings. The smallest absolute Gasteiger partial charge is 0.120 e. The van der Waals surface area contributed by atoms with Crippen LogP contribution in [0.15, 0.2) is 16.7 Å². The third kappa shape index (κ3) is 2.67. The van der Waals surface area contributed by atoms with E-state index in [2.05, 4.69) is 19.2 Å². The molecule has 2 nitrogen and oxygen atoms in total. The van der Waals surface area contributed by atoms with E-state index in [9.17, 15) is 0 Å². The monoisotopic (exact) mass is 221 g/mol. The van der Waals surface area contributed by atoms with Crippen LogP contribution in [0.5, 0.6) is 0 Å². The van der Waals surface area contributed by atoms with E-state index in [0.717, 1.165) is 18.2 Å².